The summed E-state index contributed by atoms with van der Waals surface area (Å²) in [6.07, 6.45) is 3.31. The monoisotopic (exact) mass is 305 g/mol. The Morgan fingerprint density at radius 1 is 1.00 bits per heavy atom. The molecule has 5 nitrogen and oxygen atoms in total. The Bertz CT molecular complexity index is 670. The van der Waals surface area contributed by atoms with Crippen LogP contribution in [0, 0.1) is 0 Å². The standard InChI is InChI=1S/C15H19N3O2S/c1-18(11-14-6-8-17-9-7-14)21(19,20)12-15-4-2-13(10-16)3-5-15/h2-9H,10-12,16H2,1H3. The fourth-order valence-corrected chi connectivity index (χ4v) is 3.12. The SMILES string of the molecule is CN(Cc1ccncc1)S(=O)(=O)Cc1ccc(CN)cc1. The molecule has 0 aliphatic rings. The van der Waals surface area contributed by atoms with Gasteiger partial charge >= 0.3 is 0 Å². The molecule has 0 fully saturated rings. The molecule has 0 radical (unpaired) electrons. The van der Waals surface area contributed by atoms with Gasteiger partial charge in [-0.15, -0.1) is 0 Å². The fourth-order valence-electron chi connectivity index (χ4n) is 1.94. The quantitative estimate of drug-likeness (QED) is 0.877. The van der Waals surface area contributed by atoms with Crippen LogP contribution in [0.2, 0.25) is 0 Å². The van der Waals surface area contributed by atoms with Crippen molar-refractivity contribution in [3.8, 4) is 0 Å². The molecule has 0 saturated carbocycles. The van der Waals surface area contributed by atoms with E-state index in [0.29, 0.717) is 13.1 Å². The van der Waals surface area contributed by atoms with E-state index < -0.39 is 10.0 Å². The lowest BCUT2D eigenvalue weighted by molar-refractivity contribution is 0.465. The number of benzene rings is 1. The maximum absolute atomic E-state index is 12.3. The lowest BCUT2D eigenvalue weighted by Crippen LogP contribution is -2.27. The van der Waals surface area contributed by atoms with Gasteiger partial charge < -0.3 is 5.73 Å². The molecule has 2 rings (SSSR count). The van der Waals surface area contributed by atoms with Crippen LogP contribution in [0.1, 0.15) is 16.7 Å². The van der Waals surface area contributed by atoms with Gasteiger partial charge in [-0.25, -0.2) is 12.7 Å². The zero-order valence-electron chi connectivity index (χ0n) is 11.9. The minimum absolute atomic E-state index is 0.0144. The van der Waals surface area contributed by atoms with E-state index in [4.69, 9.17) is 5.73 Å². The summed E-state index contributed by atoms with van der Waals surface area (Å²) in [5, 5.41) is 0. The van der Waals surface area contributed by atoms with Crippen LogP contribution in [0.3, 0.4) is 0 Å². The summed E-state index contributed by atoms with van der Waals surface area (Å²) >= 11 is 0. The van der Waals surface area contributed by atoms with Crippen molar-refractivity contribution in [2.75, 3.05) is 7.05 Å². The molecule has 0 atom stereocenters. The van der Waals surface area contributed by atoms with E-state index in [1.54, 1.807) is 31.6 Å². The predicted molar refractivity (Wildman–Crippen MR) is 82.7 cm³/mol. The number of nitrogens with zero attached hydrogens (tertiary/aromatic N) is 2. The largest absolute Gasteiger partial charge is 0.326 e. The highest BCUT2D eigenvalue weighted by atomic mass is 32.2. The van der Waals surface area contributed by atoms with Gasteiger partial charge in [-0.05, 0) is 28.8 Å². The highest BCUT2D eigenvalue weighted by Crippen LogP contribution is 2.13. The minimum atomic E-state index is -3.35. The lowest BCUT2D eigenvalue weighted by Gasteiger charge is -2.17. The van der Waals surface area contributed by atoms with E-state index >= 15 is 0 Å². The summed E-state index contributed by atoms with van der Waals surface area (Å²) < 4.78 is 26.0. The van der Waals surface area contributed by atoms with Gasteiger partial charge in [0.05, 0.1) is 5.75 Å². The molecule has 0 saturated heterocycles. The molecule has 0 amide bonds. The van der Waals surface area contributed by atoms with Gasteiger partial charge in [0.15, 0.2) is 0 Å². The highest BCUT2D eigenvalue weighted by Gasteiger charge is 2.18. The third-order valence-electron chi connectivity index (χ3n) is 3.24. The first kappa shape index (κ1) is 15.6. The van der Waals surface area contributed by atoms with Gasteiger partial charge in [-0.3, -0.25) is 4.98 Å². The smallest absolute Gasteiger partial charge is 0.218 e. The van der Waals surface area contributed by atoms with Gasteiger partial charge in [-0.2, -0.15) is 0 Å². The predicted octanol–water partition coefficient (Wildman–Crippen LogP) is 1.50. The van der Waals surface area contributed by atoms with Crippen molar-refractivity contribution in [1.82, 2.24) is 9.29 Å². The molecule has 2 aromatic rings. The number of hydrogen-bond donors (Lipinski definition) is 1. The average Bonchev–Trinajstić information content (AvgIpc) is 2.48. The number of pyridine rings is 1. The molecule has 0 spiro atoms. The number of rotatable bonds is 6. The molecule has 6 heteroatoms. The van der Waals surface area contributed by atoms with Crippen LogP contribution in [0.25, 0.3) is 0 Å². The van der Waals surface area contributed by atoms with E-state index in [0.717, 1.165) is 16.7 Å². The molecular weight excluding hydrogens is 286 g/mol. The molecule has 0 unspecified atom stereocenters. The average molecular weight is 305 g/mol. The lowest BCUT2D eigenvalue weighted by atomic mass is 10.1. The first-order chi connectivity index (χ1) is 10.0. The van der Waals surface area contributed by atoms with E-state index in [1.807, 2.05) is 24.3 Å². The highest BCUT2D eigenvalue weighted by molar-refractivity contribution is 7.88. The van der Waals surface area contributed by atoms with Crippen LogP contribution in [-0.2, 0) is 28.9 Å². The summed E-state index contributed by atoms with van der Waals surface area (Å²) in [5.41, 5.74) is 8.19. The first-order valence-electron chi connectivity index (χ1n) is 6.62. The molecule has 21 heavy (non-hydrogen) atoms. The summed E-state index contributed by atoms with van der Waals surface area (Å²) in [6.45, 7) is 0.792. The number of nitrogens with two attached hydrogens (primary N) is 1. The molecule has 1 aromatic carbocycles. The van der Waals surface area contributed by atoms with E-state index in [-0.39, 0.29) is 5.75 Å². The molecular formula is C15H19N3O2S. The van der Waals surface area contributed by atoms with E-state index in [9.17, 15) is 8.42 Å². The van der Waals surface area contributed by atoms with Crippen molar-refractivity contribution in [2.24, 2.45) is 5.73 Å². The second kappa shape index (κ2) is 6.80. The Kier molecular flexibility index (Phi) is 5.06. The topological polar surface area (TPSA) is 76.3 Å². The number of aromatic nitrogens is 1. The van der Waals surface area contributed by atoms with Gasteiger partial charge in [0, 0.05) is 32.5 Å². The van der Waals surface area contributed by atoms with Crippen molar-refractivity contribution < 1.29 is 8.42 Å². The Labute approximate surface area is 125 Å². The van der Waals surface area contributed by atoms with Crippen LogP contribution < -0.4 is 5.73 Å². The second-order valence-electron chi connectivity index (χ2n) is 4.89. The second-order valence-corrected chi connectivity index (χ2v) is 6.96. The van der Waals surface area contributed by atoms with Crippen LogP contribution in [0.4, 0.5) is 0 Å². The van der Waals surface area contributed by atoms with Crippen LogP contribution >= 0.6 is 0 Å². The minimum Gasteiger partial charge on any atom is -0.326 e. The number of sulfonamides is 1. The maximum atomic E-state index is 12.3. The van der Waals surface area contributed by atoms with Gasteiger partial charge in [0.1, 0.15) is 0 Å². The van der Waals surface area contributed by atoms with Crippen molar-refractivity contribution >= 4 is 10.0 Å². The van der Waals surface area contributed by atoms with Crippen molar-refractivity contribution in [1.29, 1.82) is 0 Å². The Hall–Kier alpha value is -1.76. The molecule has 112 valence electrons. The maximum Gasteiger partial charge on any atom is 0.218 e. The van der Waals surface area contributed by atoms with Crippen LogP contribution in [0.15, 0.2) is 48.8 Å². The van der Waals surface area contributed by atoms with Gasteiger partial charge in [-0.1, -0.05) is 24.3 Å². The molecule has 1 heterocycles. The summed E-state index contributed by atoms with van der Waals surface area (Å²) in [4.78, 5) is 3.92. The molecule has 0 bridgehead atoms. The third kappa shape index (κ3) is 4.35. The zero-order chi connectivity index (χ0) is 15.3. The zero-order valence-corrected chi connectivity index (χ0v) is 12.8. The summed E-state index contributed by atoms with van der Waals surface area (Å²) in [6, 6.07) is 10.9. The van der Waals surface area contributed by atoms with E-state index in [1.165, 1.54) is 4.31 Å². The van der Waals surface area contributed by atoms with Crippen LogP contribution in [0.5, 0.6) is 0 Å². The van der Waals surface area contributed by atoms with Gasteiger partial charge in [0.2, 0.25) is 10.0 Å². The molecule has 0 aliphatic heterocycles. The van der Waals surface area contributed by atoms with Crippen LogP contribution in [-0.4, -0.2) is 24.8 Å². The van der Waals surface area contributed by atoms with Crippen molar-refractivity contribution in [3.63, 3.8) is 0 Å². The summed E-state index contributed by atoms with van der Waals surface area (Å²) in [5.74, 6) is -0.0144. The number of hydrogen-bond acceptors (Lipinski definition) is 4. The Balaban J connectivity index is 2.06. The first-order valence-corrected chi connectivity index (χ1v) is 8.23. The van der Waals surface area contributed by atoms with Gasteiger partial charge in [0.25, 0.3) is 0 Å². The Morgan fingerprint density at radius 2 is 1.57 bits per heavy atom. The molecule has 2 N–H and O–H groups in total. The van der Waals surface area contributed by atoms with E-state index in [2.05, 4.69) is 4.98 Å². The molecule has 0 aliphatic carbocycles. The van der Waals surface area contributed by atoms with Crippen molar-refractivity contribution in [3.05, 3.63) is 65.5 Å². The Morgan fingerprint density at radius 3 is 2.14 bits per heavy atom. The normalized spacial score (nSPS) is 11.8. The summed E-state index contributed by atoms with van der Waals surface area (Å²) in [7, 11) is -1.76. The van der Waals surface area contributed by atoms with Crippen molar-refractivity contribution in [2.45, 2.75) is 18.8 Å². The fraction of sp³-hybridized carbons (Fsp3) is 0.267. The molecule has 1 aromatic heterocycles. The third-order valence-corrected chi connectivity index (χ3v) is 5.01.